The monoisotopic (exact) mass is 338 g/mol. The molecule has 23 heavy (non-hydrogen) atoms. The third kappa shape index (κ3) is 3.07. The fraction of sp³-hybridized carbons (Fsp3) is 0.125. The highest BCUT2D eigenvalue weighted by atomic mass is 35.5. The number of nitrogens with zero attached hydrogens (tertiary/aromatic N) is 2. The van der Waals surface area contributed by atoms with Gasteiger partial charge in [0.25, 0.3) is 5.78 Å². The summed E-state index contributed by atoms with van der Waals surface area (Å²) in [5, 5.41) is 0.565. The first-order valence-electron chi connectivity index (χ1n) is 6.68. The molecule has 0 fully saturated rings. The molecule has 2 heterocycles. The molecule has 3 aromatic rings. The van der Waals surface area contributed by atoms with Crippen molar-refractivity contribution in [3.63, 3.8) is 0 Å². The second-order valence-electron chi connectivity index (χ2n) is 4.96. The molecule has 1 aromatic carbocycles. The van der Waals surface area contributed by atoms with Gasteiger partial charge in [-0.3, -0.25) is 4.79 Å². The number of carbonyl (C=O) groups is 1. The van der Waals surface area contributed by atoms with Crippen molar-refractivity contribution in [2.75, 3.05) is 0 Å². The summed E-state index contributed by atoms with van der Waals surface area (Å²) in [5.41, 5.74) is 0.386. The molecule has 0 amide bonds. The molecule has 0 unspecified atom stereocenters. The summed E-state index contributed by atoms with van der Waals surface area (Å²) < 4.78 is 39.7. The van der Waals surface area contributed by atoms with Gasteiger partial charge >= 0.3 is 6.18 Å². The molecule has 0 atom stereocenters. The van der Waals surface area contributed by atoms with Crippen LogP contribution in [0.15, 0.2) is 48.7 Å². The molecule has 0 bridgehead atoms. The number of carbonyl (C=O) groups excluding carboxylic acids is 1. The molecule has 7 heteroatoms. The number of hydrogen-bond donors (Lipinski definition) is 0. The lowest BCUT2D eigenvalue weighted by molar-refractivity contribution is -0.0887. The number of fused-ring (bicyclic) bond motifs is 1. The third-order valence-electron chi connectivity index (χ3n) is 3.37. The molecule has 118 valence electrons. The van der Waals surface area contributed by atoms with Gasteiger partial charge in [-0.1, -0.05) is 29.8 Å². The van der Waals surface area contributed by atoms with Crippen molar-refractivity contribution in [3.05, 3.63) is 70.8 Å². The molecule has 0 saturated heterocycles. The van der Waals surface area contributed by atoms with Gasteiger partial charge in [-0.25, -0.2) is 4.98 Å². The Labute approximate surface area is 134 Å². The van der Waals surface area contributed by atoms with Crippen molar-refractivity contribution in [3.8, 4) is 0 Å². The van der Waals surface area contributed by atoms with Gasteiger partial charge in [0, 0.05) is 17.6 Å². The van der Waals surface area contributed by atoms with Crippen LogP contribution in [0, 0.1) is 0 Å². The van der Waals surface area contributed by atoms with E-state index in [1.807, 2.05) is 0 Å². The molecule has 0 N–H and O–H groups in total. The lowest BCUT2D eigenvalue weighted by Crippen LogP contribution is -2.23. The zero-order valence-electron chi connectivity index (χ0n) is 11.6. The number of aromatic nitrogens is 2. The van der Waals surface area contributed by atoms with Crippen LogP contribution < -0.4 is 0 Å². The first-order chi connectivity index (χ1) is 10.9. The maximum Gasteiger partial charge on any atom is 0.456 e. The van der Waals surface area contributed by atoms with Gasteiger partial charge in [0.15, 0.2) is 0 Å². The average Bonchev–Trinajstić information content (AvgIpc) is 2.87. The van der Waals surface area contributed by atoms with Crippen molar-refractivity contribution < 1.29 is 18.0 Å². The number of hydrogen-bond acceptors (Lipinski definition) is 2. The highest BCUT2D eigenvalue weighted by Gasteiger charge is 2.42. The van der Waals surface area contributed by atoms with Crippen molar-refractivity contribution in [1.29, 1.82) is 0 Å². The van der Waals surface area contributed by atoms with E-state index in [0.29, 0.717) is 10.8 Å². The Kier molecular flexibility index (Phi) is 3.85. The maximum atomic E-state index is 12.7. The molecule has 0 radical (unpaired) electrons. The fourth-order valence-electron chi connectivity index (χ4n) is 2.31. The van der Waals surface area contributed by atoms with Crippen LogP contribution in [-0.2, 0) is 6.42 Å². The molecule has 0 aliphatic carbocycles. The molecular weight excluding hydrogens is 329 g/mol. The van der Waals surface area contributed by atoms with E-state index in [-0.39, 0.29) is 11.9 Å². The van der Waals surface area contributed by atoms with Gasteiger partial charge in [-0.2, -0.15) is 13.2 Å². The van der Waals surface area contributed by atoms with Crippen molar-refractivity contribution in [1.82, 2.24) is 9.38 Å². The number of rotatable bonds is 3. The van der Waals surface area contributed by atoms with Gasteiger partial charge in [0.2, 0.25) is 0 Å². The number of benzene rings is 1. The van der Waals surface area contributed by atoms with E-state index in [1.165, 1.54) is 10.5 Å². The Morgan fingerprint density at radius 3 is 2.48 bits per heavy atom. The summed E-state index contributed by atoms with van der Waals surface area (Å²) in [6.07, 6.45) is -3.09. The van der Waals surface area contributed by atoms with Gasteiger partial charge in [-0.05, 0) is 29.8 Å². The quantitative estimate of drug-likeness (QED) is 0.666. The molecule has 0 aliphatic heterocycles. The molecule has 3 rings (SSSR count). The maximum absolute atomic E-state index is 12.7. The summed E-state index contributed by atoms with van der Waals surface area (Å²) in [4.78, 5) is 15.5. The predicted molar refractivity (Wildman–Crippen MR) is 79.8 cm³/mol. The molecule has 3 nitrogen and oxygen atoms in total. The van der Waals surface area contributed by atoms with E-state index in [0.717, 1.165) is 5.56 Å². The number of pyridine rings is 1. The molecule has 2 aromatic heterocycles. The fourth-order valence-corrected chi connectivity index (χ4v) is 2.44. The van der Waals surface area contributed by atoms with Gasteiger partial charge in [0.1, 0.15) is 11.5 Å². The Bertz CT molecular complexity index is 869. The number of imidazole rings is 1. The van der Waals surface area contributed by atoms with E-state index in [4.69, 9.17) is 11.6 Å². The highest BCUT2D eigenvalue weighted by molar-refractivity contribution is 6.30. The first kappa shape index (κ1) is 15.6. The topological polar surface area (TPSA) is 34.4 Å². The molecule has 0 spiro atoms. The van der Waals surface area contributed by atoms with Gasteiger partial charge in [0.05, 0.1) is 5.52 Å². The summed E-state index contributed by atoms with van der Waals surface area (Å²) in [7, 11) is 0. The minimum atomic E-state index is -4.96. The van der Waals surface area contributed by atoms with Crippen LogP contribution in [0.3, 0.4) is 0 Å². The third-order valence-corrected chi connectivity index (χ3v) is 3.62. The summed E-state index contributed by atoms with van der Waals surface area (Å²) in [5.74, 6) is -1.58. The number of Topliss-reactive ketones (excluding diaryl/α,β-unsaturated/α-hetero) is 1. The van der Waals surface area contributed by atoms with Crippen molar-refractivity contribution in [2.24, 2.45) is 0 Å². The van der Waals surface area contributed by atoms with Crippen molar-refractivity contribution in [2.45, 2.75) is 12.6 Å². The average molecular weight is 339 g/mol. The molecule has 0 saturated carbocycles. The molecule has 0 aliphatic rings. The van der Waals surface area contributed by atoms with E-state index < -0.39 is 17.7 Å². The van der Waals surface area contributed by atoms with E-state index >= 15 is 0 Å². The smallest absolute Gasteiger partial charge is 0.303 e. The number of halogens is 4. The summed E-state index contributed by atoms with van der Waals surface area (Å²) in [6.45, 7) is 0. The summed E-state index contributed by atoms with van der Waals surface area (Å²) in [6, 6.07) is 11.6. The van der Waals surface area contributed by atoms with Crippen LogP contribution in [-0.4, -0.2) is 21.3 Å². The largest absolute Gasteiger partial charge is 0.456 e. The lowest BCUT2D eigenvalue weighted by atomic mass is 10.1. The second kappa shape index (κ2) is 5.70. The Hall–Kier alpha value is -2.34. The Morgan fingerprint density at radius 2 is 1.83 bits per heavy atom. The van der Waals surface area contributed by atoms with Crippen LogP contribution in [0.2, 0.25) is 5.02 Å². The predicted octanol–water partition coefficient (Wildman–Crippen LogP) is 4.32. The van der Waals surface area contributed by atoms with Gasteiger partial charge in [-0.15, -0.1) is 0 Å². The number of alkyl halides is 3. The lowest BCUT2D eigenvalue weighted by Gasteiger charge is -2.02. The highest BCUT2D eigenvalue weighted by Crippen LogP contribution is 2.25. The van der Waals surface area contributed by atoms with Crippen molar-refractivity contribution >= 4 is 22.9 Å². The molecular formula is C16H10ClF3N2O. The van der Waals surface area contributed by atoms with Crippen LogP contribution in [0.1, 0.15) is 21.9 Å². The van der Waals surface area contributed by atoms with Crippen LogP contribution in [0.5, 0.6) is 0 Å². The van der Waals surface area contributed by atoms with E-state index in [9.17, 15) is 18.0 Å². The zero-order chi connectivity index (χ0) is 16.6. The zero-order valence-corrected chi connectivity index (χ0v) is 12.4. The Balaban J connectivity index is 2.08. The standard InChI is InChI=1S/C16H10ClF3N2O/c17-11-6-4-10(5-7-11)9-13-21-14(15(23)16(18,19)20)12-3-1-2-8-22(12)13/h1-8H,9H2. The van der Waals surface area contributed by atoms with Gasteiger partial charge < -0.3 is 4.40 Å². The van der Waals surface area contributed by atoms with Crippen LogP contribution in [0.4, 0.5) is 13.2 Å². The minimum Gasteiger partial charge on any atom is -0.303 e. The SMILES string of the molecule is O=C(c1nc(Cc2ccc(Cl)cc2)n2ccccc12)C(F)(F)F. The first-order valence-corrected chi connectivity index (χ1v) is 7.06. The second-order valence-corrected chi connectivity index (χ2v) is 5.40. The Morgan fingerprint density at radius 1 is 1.13 bits per heavy atom. The summed E-state index contributed by atoms with van der Waals surface area (Å²) >= 11 is 5.82. The van der Waals surface area contributed by atoms with E-state index in [1.54, 1.807) is 42.6 Å². The van der Waals surface area contributed by atoms with Crippen LogP contribution >= 0.6 is 11.6 Å². The normalized spacial score (nSPS) is 11.8. The minimum absolute atomic E-state index is 0.138. The van der Waals surface area contributed by atoms with E-state index in [2.05, 4.69) is 4.98 Å². The number of ketones is 1. The van der Waals surface area contributed by atoms with Crippen LogP contribution in [0.25, 0.3) is 5.52 Å².